The Morgan fingerprint density at radius 3 is 3.00 bits per heavy atom. The summed E-state index contributed by atoms with van der Waals surface area (Å²) >= 11 is 0. The molecule has 2 rings (SSSR count). The molecule has 1 aromatic rings. The van der Waals surface area contributed by atoms with Gasteiger partial charge in [0.1, 0.15) is 5.75 Å². The third-order valence-corrected chi connectivity index (χ3v) is 4.23. The van der Waals surface area contributed by atoms with Gasteiger partial charge in [-0.2, -0.15) is 0 Å². The smallest absolute Gasteiger partial charge is 0.176 e. The number of methoxy groups -OCH3 is 1. The summed E-state index contributed by atoms with van der Waals surface area (Å²) in [7, 11) is 3.65. The normalized spacial score (nSPS) is 19.1. The first-order valence-corrected chi connectivity index (χ1v) is 7.74. The number of hydrogen-bond acceptors (Lipinski definition) is 4. The molecule has 1 fully saturated rings. The molecule has 4 heteroatoms. The van der Waals surface area contributed by atoms with Crippen LogP contribution in [0.2, 0.25) is 0 Å². The summed E-state index contributed by atoms with van der Waals surface area (Å²) < 4.78 is 5.17. The maximum Gasteiger partial charge on any atom is 0.176 e. The summed E-state index contributed by atoms with van der Waals surface area (Å²) in [5.41, 5.74) is 0.722. The zero-order chi connectivity index (χ0) is 15.2. The highest BCUT2D eigenvalue weighted by Gasteiger charge is 2.24. The molecule has 0 spiro atoms. The van der Waals surface area contributed by atoms with E-state index in [9.17, 15) is 4.79 Å². The third kappa shape index (κ3) is 4.29. The molecule has 1 atom stereocenters. The Kier molecular flexibility index (Phi) is 5.76. The van der Waals surface area contributed by atoms with Crippen LogP contribution < -0.4 is 4.74 Å². The lowest BCUT2D eigenvalue weighted by Crippen LogP contribution is -2.40. The Labute approximate surface area is 127 Å². The minimum atomic E-state index is 0.150. The quantitative estimate of drug-likeness (QED) is 0.721. The number of hydrogen-bond donors (Lipinski definition) is 0. The first-order chi connectivity index (χ1) is 10.1. The number of Topliss-reactive ketones (excluding diaryl/α,β-unsaturated/α-hetero) is 1. The van der Waals surface area contributed by atoms with E-state index >= 15 is 0 Å². The van der Waals surface area contributed by atoms with Crippen LogP contribution in [0.25, 0.3) is 0 Å². The van der Waals surface area contributed by atoms with Crippen LogP contribution in [0.15, 0.2) is 24.3 Å². The van der Waals surface area contributed by atoms with Crippen LogP contribution in [-0.4, -0.2) is 62.0 Å². The second-order valence-corrected chi connectivity index (χ2v) is 5.78. The van der Waals surface area contributed by atoms with E-state index < -0.39 is 0 Å². The molecular formula is C17H26N2O2. The van der Waals surface area contributed by atoms with Gasteiger partial charge in [0, 0.05) is 18.2 Å². The van der Waals surface area contributed by atoms with E-state index in [1.165, 1.54) is 19.4 Å². The van der Waals surface area contributed by atoms with Crippen LogP contribution >= 0.6 is 0 Å². The molecule has 1 aliphatic heterocycles. The number of nitrogens with zero attached hydrogens (tertiary/aromatic N) is 2. The number of rotatable bonds is 7. The van der Waals surface area contributed by atoms with Gasteiger partial charge >= 0.3 is 0 Å². The lowest BCUT2D eigenvalue weighted by Gasteiger charge is -2.27. The molecule has 0 bridgehead atoms. The molecule has 0 amide bonds. The van der Waals surface area contributed by atoms with Crippen LogP contribution in [0.4, 0.5) is 0 Å². The maximum atomic E-state index is 12.3. The largest absolute Gasteiger partial charge is 0.497 e. The van der Waals surface area contributed by atoms with Crippen LogP contribution in [0.5, 0.6) is 5.75 Å². The Balaban J connectivity index is 1.89. The van der Waals surface area contributed by atoms with Crippen molar-refractivity contribution in [1.82, 2.24) is 9.80 Å². The first kappa shape index (κ1) is 16.0. The van der Waals surface area contributed by atoms with Crippen molar-refractivity contribution in [1.29, 1.82) is 0 Å². The number of ketones is 1. The van der Waals surface area contributed by atoms with Crippen molar-refractivity contribution >= 4 is 5.78 Å². The molecule has 0 aromatic heterocycles. The molecule has 0 saturated carbocycles. The average molecular weight is 290 g/mol. The average Bonchev–Trinajstić information content (AvgIpc) is 2.94. The van der Waals surface area contributed by atoms with Gasteiger partial charge in [-0.1, -0.05) is 19.1 Å². The van der Waals surface area contributed by atoms with Crippen molar-refractivity contribution in [3.05, 3.63) is 29.8 Å². The maximum absolute atomic E-state index is 12.3. The molecule has 1 saturated heterocycles. The fourth-order valence-electron chi connectivity index (χ4n) is 3.08. The van der Waals surface area contributed by atoms with Crippen molar-refractivity contribution < 1.29 is 9.53 Å². The Morgan fingerprint density at radius 2 is 2.29 bits per heavy atom. The van der Waals surface area contributed by atoms with Gasteiger partial charge in [-0.3, -0.25) is 14.6 Å². The lowest BCUT2D eigenvalue weighted by molar-refractivity contribution is 0.0928. The SMILES string of the molecule is CCN1CCCC1CN(C)CC(=O)c1cccc(OC)c1. The van der Waals surface area contributed by atoms with E-state index in [1.54, 1.807) is 7.11 Å². The summed E-state index contributed by atoms with van der Waals surface area (Å²) in [4.78, 5) is 17.0. The van der Waals surface area contributed by atoms with Crippen molar-refractivity contribution in [3.63, 3.8) is 0 Å². The minimum absolute atomic E-state index is 0.150. The van der Waals surface area contributed by atoms with E-state index in [1.807, 2.05) is 31.3 Å². The van der Waals surface area contributed by atoms with Gasteiger partial charge in [0.25, 0.3) is 0 Å². The highest BCUT2D eigenvalue weighted by molar-refractivity contribution is 5.97. The minimum Gasteiger partial charge on any atom is -0.497 e. The van der Waals surface area contributed by atoms with Crippen LogP contribution in [0.3, 0.4) is 0 Å². The van der Waals surface area contributed by atoms with Gasteiger partial charge in [0.05, 0.1) is 13.7 Å². The standard InChI is InChI=1S/C17H26N2O2/c1-4-19-10-6-8-15(19)12-18(2)13-17(20)14-7-5-9-16(11-14)21-3/h5,7,9,11,15H,4,6,8,10,12-13H2,1-3H3. The predicted octanol–water partition coefficient (Wildman–Crippen LogP) is 2.29. The molecule has 1 aromatic carbocycles. The molecular weight excluding hydrogens is 264 g/mol. The van der Waals surface area contributed by atoms with Gasteiger partial charge in [-0.15, -0.1) is 0 Å². The monoisotopic (exact) mass is 290 g/mol. The highest BCUT2D eigenvalue weighted by Crippen LogP contribution is 2.18. The van der Waals surface area contributed by atoms with Gasteiger partial charge in [-0.25, -0.2) is 0 Å². The van der Waals surface area contributed by atoms with E-state index in [4.69, 9.17) is 4.74 Å². The van der Waals surface area contributed by atoms with Crippen molar-refractivity contribution in [2.24, 2.45) is 0 Å². The molecule has 1 heterocycles. The van der Waals surface area contributed by atoms with Crippen molar-refractivity contribution in [3.8, 4) is 5.75 Å². The fraction of sp³-hybridized carbons (Fsp3) is 0.588. The first-order valence-electron chi connectivity index (χ1n) is 7.74. The molecule has 1 unspecified atom stereocenters. The number of benzene rings is 1. The van der Waals surface area contributed by atoms with Crippen molar-refractivity contribution in [2.45, 2.75) is 25.8 Å². The van der Waals surface area contributed by atoms with E-state index in [-0.39, 0.29) is 5.78 Å². The second-order valence-electron chi connectivity index (χ2n) is 5.78. The van der Waals surface area contributed by atoms with E-state index in [2.05, 4.69) is 16.7 Å². The molecule has 1 aliphatic rings. The Hall–Kier alpha value is -1.39. The van der Waals surface area contributed by atoms with Crippen LogP contribution in [0.1, 0.15) is 30.1 Å². The number of carbonyl (C=O) groups excluding carboxylic acids is 1. The van der Waals surface area contributed by atoms with Gasteiger partial charge in [0.2, 0.25) is 0 Å². The van der Waals surface area contributed by atoms with Gasteiger partial charge in [0.15, 0.2) is 5.78 Å². The van der Waals surface area contributed by atoms with Crippen molar-refractivity contribution in [2.75, 3.05) is 40.3 Å². The third-order valence-electron chi connectivity index (χ3n) is 4.23. The molecule has 0 aliphatic carbocycles. The molecule has 0 radical (unpaired) electrons. The number of likely N-dealkylation sites (tertiary alicyclic amines) is 1. The summed E-state index contributed by atoms with van der Waals surface area (Å²) in [6.07, 6.45) is 2.52. The molecule has 4 nitrogen and oxygen atoms in total. The van der Waals surface area contributed by atoms with Gasteiger partial charge in [-0.05, 0) is 45.1 Å². The highest BCUT2D eigenvalue weighted by atomic mass is 16.5. The number of carbonyl (C=O) groups is 1. The molecule has 116 valence electrons. The number of ether oxygens (including phenoxy) is 1. The zero-order valence-electron chi connectivity index (χ0n) is 13.3. The summed E-state index contributed by atoms with van der Waals surface area (Å²) in [6, 6.07) is 7.98. The Bertz CT molecular complexity index is 476. The summed E-state index contributed by atoms with van der Waals surface area (Å²) in [6.45, 7) is 5.92. The van der Waals surface area contributed by atoms with Crippen LogP contribution in [0, 0.1) is 0 Å². The predicted molar refractivity (Wildman–Crippen MR) is 85.1 cm³/mol. The zero-order valence-corrected chi connectivity index (χ0v) is 13.3. The van der Waals surface area contributed by atoms with E-state index in [0.717, 1.165) is 24.4 Å². The van der Waals surface area contributed by atoms with Crippen LogP contribution in [-0.2, 0) is 0 Å². The molecule has 0 N–H and O–H groups in total. The fourth-order valence-corrected chi connectivity index (χ4v) is 3.08. The second kappa shape index (κ2) is 7.57. The lowest BCUT2D eigenvalue weighted by atomic mass is 10.1. The molecule has 21 heavy (non-hydrogen) atoms. The van der Waals surface area contributed by atoms with E-state index in [0.29, 0.717) is 12.6 Å². The van der Waals surface area contributed by atoms with Gasteiger partial charge < -0.3 is 4.74 Å². The summed E-state index contributed by atoms with van der Waals surface area (Å²) in [5.74, 6) is 0.883. The summed E-state index contributed by atoms with van der Waals surface area (Å²) in [5, 5.41) is 0. The Morgan fingerprint density at radius 1 is 1.48 bits per heavy atom. The topological polar surface area (TPSA) is 32.8 Å². The number of likely N-dealkylation sites (N-methyl/N-ethyl adjacent to an activating group) is 2.